The number of halogens is 2. The van der Waals surface area contributed by atoms with Gasteiger partial charge < -0.3 is 28.6 Å². The fourth-order valence-electron chi connectivity index (χ4n) is 8.48. The monoisotopic (exact) mass is 816 g/mol. The number of hydrogen-bond donors (Lipinski definition) is 1. The number of hydrogen-bond acceptors (Lipinski definition) is 7. The molecule has 7 aromatic rings. The molecule has 0 unspecified atom stereocenters. The summed E-state index contributed by atoms with van der Waals surface area (Å²) >= 11 is 13.5. The predicted molar refractivity (Wildman–Crippen MR) is 227 cm³/mol. The number of carboxylic acid groups (broad SMARTS) is 1. The maximum Gasteiger partial charge on any atom is 0.352 e. The average molecular weight is 818 g/mol. The molecule has 296 valence electrons. The highest BCUT2D eigenvalue weighted by molar-refractivity contribution is 6.35. The Bertz CT molecular complexity index is 2740. The van der Waals surface area contributed by atoms with E-state index in [2.05, 4.69) is 26.4 Å². The highest BCUT2D eigenvalue weighted by atomic mass is 35.5. The van der Waals surface area contributed by atoms with E-state index in [0.717, 1.165) is 60.9 Å². The number of carbonyl (C=O) groups is 2. The van der Waals surface area contributed by atoms with Crippen molar-refractivity contribution in [3.63, 3.8) is 0 Å². The van der Waals surface area contributed by atoms with Gasteiger partial charge in [0.25, 0.3) is 5.91 Å². The molecule has 1 amide bonds. The van der Waals surface area contributed by atoms with Crippen LogP contribution in [0.25, 0.3) is 32.9 Å². The number of pyridine rings is 1. The van der Waals surface area contributed by atoms with Crippen molar-refractivity contribution in [3.8, 4) is 22.6 Å². The first kappa shape index (κ1) is 38.9. The van der Waals surface area contributed by atoms with E-state index in [1.54, 1.807) is 41.2 Å². The van der Waals surface area contributed by atoms with Gasteiger partial charge in [-0.1, -0.05) is 35.3 Å². The van der Waals surface area contributed by atoms with Crippen molar-refractivity contribution in [1.82, 2.24) is 24.1 Å². The molecule has 8 rings (SSSR count). The zero-order valence-electron chi connectivity index (χ0n) is 33.1. The number of carboxylic acids is 1. The van der Waals surface area contributed by atoms with Crippen molar-refractivity contribution in [2.45, 2.75) is 60.0 Å². The van der Waals surface area contributed by atoms with Crippen LogP contribution in [0, 0.1) is 27.7 Å². The first-order chi connectivity index (χ1) is 27.9. The van der Waals surface area contributed by atoms with Gasteiger partial charge in [0.1, 0.15) is 29.2 Å². The molecule has 0 fully saturated rings. The normalized spacial score (nSPS) is 14.0. The summed E-state index contributed by atoms with van der Waals surface area (Å²) in [5.41, 5.74) is 9.15. The predicted octanol–water partition coefficient (Wildman–Crippen LogP) is 9.98. The molecule has 0 aliphatic carbocycles. The third-order valence-electron chi connectivity index (χ3n) is 11.1. The van der Waals surface area contributed by atoms with Gasteiger partial charge in [0.2, 0.25) is 0 Å². The van der Waals surface area contributed by atoms with Gasteiger partial charge in [-0.25, -0.2) is 14.8 Å². The van der Waals surface area contributed by atoms with Crippen LogP contribution in [0.4, 0.5) is 5.69 Å². The van der Waals surface area contributed by atoms with Crippen LogP contribution in [0.1, 0.15) is 74.1 Å². The van der Waals surface area contributed by atoms with E-state index in [1.807, 2.05) is 76.2 Å². The molecule has 58 heavy (non-hydrogen) atoms. The summed E-state index contributed by atoms with van der Waals surface area (Å²) in [5.74, 6) is -0.0922. The Morgan fingerprint density at radius 2 is 1.66 bits per heavy atom. The van der Waals surface area contributed by atoms with E-state index in [-0.39, 0.29) is 24.2 Å². The molecule has 0 radical (unpaired) electrons. The number of nitrogens with zero attached hydrogens (tertiary/aromatic N) is 6. The number of carbonyl (C=O) groups excluding carboxylic acids is 1. The quantitative estimate of drug-likeness (QED) is 0.128. The Labute approximate surface area is 345 Å². The number of methoxy groups -OCH3 is 1. The minimum atomic E-state index is -1.10. The van der Waals surface area contributed by atoms with Crippen LogP contribution in [-0.2, 0) is 13.0 Å². The van der Waals surface area contributed by atoms with Crippen LogP contribution in [0.3, 0.4) is 0 Å². The lowest BCUT2D eigenvalue weighted by Crippen LogP contribution is -2.43. The third-order valence-corrected chi connectivity index (χ3v) is 12.0. The molecule has 13 heteroatoms. The zero-order valence-corrected chi connectivity index (χ0v) is 34.6. The van der Waals surface area contributed by atoms with E-state index >= 15 is 4.79 Å². The van der Waals surface area contributed by atoms with Gasteiger partial charge in [0.05, 0.1) is 47.7 Å². The summed E-state index contributed by atoms with van der Waals surface area (Å²) in [7, 11) is 1.55. The molecule has 11 nitrogen and oxygen atoms in total. The number of amides is 1. The maximum absolute atomic E-state index is 15.4. The van der Waals surface area contributed by atoms with Crippen molar-refractivity contribution >= 4 is 62.6 Å². The zero-order chi connectivity index (χ0) is 41.0. The highest BCUT2D eigenvalue weighted by Crippen LogP contribution is 2.46. The lowest BCUT2D eigenvalue weighted by molar-refractivity contribution is 0.0686. The van der Waals surface area contributed by atoms with Crippen LogP contribution in [0.2, 0.25) is 10.0 Å². The van der Waals surface area contributed by atoms with E-state index in [1.165, 1.54) is 0 Å². The van der Waals surface area contributed by atoms with Gasteiger partial charge in [-0.3, -0.25) is 9.78 Å². The average Bonchev–Trinajstić information content (AvgIpc) is 3.75. The molecule has 0 saturated heterocycles. The summed E-state index contributed by atoms with van der Waals surface area (Å²) in [4.78, 5) is 43.5. The van der Waals surface area contributed by atoms with E-state index in [9.17, 15) is 9.90 Å². The Morgan fingerprint density at radius 3 is 2.33 bits per heavy atom. The van der Waals surface area contributed by atoms with Crippen LogP contribution >= 0.6 is 23.2 Å². The Hall–Kier alpha value is -5.91. The number of benzene rings is 3. The van der Waals surface area contributed by atoms with Crippen molar-refractivity contribution in [2.24, 2.45) is 0 Å². The first-order valence-electron chi connectivity index (χ1n) is 19.1. The standard InChI is InChI=1S/C45H42Cl2N6O5/c1-24-18-30(19-25(2)40(24)47)58-17-9-11-31-32-12-13-34(46)39(38-27(4)49-23-50-28(38)5)42(32)53-26(3)21-52(44(54)43(31)53)35-14-15-37(57-6)33-20-36(45(55)56)51(41(33)35)22-29-10-7-8-16-48-29/h7-8,10,12-16,18-20,23,26H,9,11,17,21-22H2,1-6H3,(H,55,56)/t26-/m1/s1. The minimum Gasteiger partial charge on any atom is -0.496 e. The minimum absolute atomic E-state index is 0.0555. The third kappa shape index (κ3) is 6.61. The molecule has 4 aromatic heterocycles. The first-order valence-corrected chi connectivity index (χ1v) is 19.8. The number of aromatic nitrogens is 5. The fourth-order valence-corrected chi connectivity index (χ4v) is 8.84. The van der Waals surface area contributed by atoms with E-state index in [4.69, 9.17) is 32.7 Å². The molecule has 0 saturated carbocycles. The summed E-state index contributed by atoms with van der Waals surface area (Å²) in [6.45, 7) is 10.7. The second kappa shape index (κ2) is 15.4. The summed E-state index contributed by atoms with van der Waals surface area (Å²) < 4.78 is 15.8. The molecule has 0 bridgehead atoms. The molecule has 5 heterocycles. The number of rotatable bonds is 11. The highest BCUT2D eigenvalue weighted by Gasteiger charge is 2.38. The molecule has 1 aliphatic rings. The summed E-state index contributed by atoms with van der Waals surface area (Å²) in [5, 5.41) is 13.2. The number of anilines is 1. The SMILES string of the molecule is COc1ccc(N2C[C@@H](C)n3c(c(CCCOc4cc(C)c(Cl)c(C)c4)c4ccc(Cl)c(-c5c(C)ncnc5C)c43)C2=O)c2c1cc(C(=O)O)n2Cc1ccccn1. The maximum atomic E-state index is 15.4. The molecule has 1 N–H and O–H groups in total. The Morgan fingerprint density at radius 1 is 0.914 bits per heavy atom. The van der Waals surface area contributed by atoms with Gasteiger partial charge in [-0.05, 0) is 113 Å². The fraction of sp³-hybridized carbons (Fsp3) is 0.267. The van der Waals surface area contributed by atoms with Gasteiger partial charge >= 0.3 is 5.97 Å². The lowest BCUT2D eigenvalue weighted by atomic mass is 9.97. The summed E-state index contributed by atoms with van der Waals surface area (Å²) in [6.07, 6.45) is 4.36. The Balaban J connectivity index is 1.30. The number of aromatic carboxylic acids is 1. The van der Waals surface area contributed by atoms with Gasteiger partial charge in [0, 0.05) is 57.1 Å². The molecular formula is C45H42Cl2N6O5. The number of ether oxygens (including phenoxy) is 2. The van der Waals surface area contributed by atoms with Crippen molar-refractivity contribution < 1.29 is 24.2 Å². The molecule has 1 atom stereocenters. The van der Waals surface area contributed by atoms with Gasteiger partial charge in [-0.2, -0.15) is 0 Å². The van der Waals surface area contributed by atoms with Crippen LogP contribution < -0.4 is 14.4 Å². The number of aryl methyl sites for hydroxylation is 5. The smallest absolute Gasteiger partial charge is 0.352 e. The second-order valence-corrected chi connectivity index (χ2v) is 15.6. The molecule has 0 spiro atoms. The van der Waals surface area contributed by atoms with Crippen LogP contribution in [0.15, 0.2) is 73.2 Å². The second-order valence-electron chi connectivity index (χ2n) is 14.8. The molecule has 3 aromatic carbocycles. The van der Waals surface area contributed by atoms with Gasteiger partial charge in [-0.15, -0.1) is 0 Å². The van der Waals surface area contributed by atoms with E-state index in [0.29, 0.717) is 64.7 Å². The van der Waals surface area contributed by atoms with E-state index < -0.39 is 5.97 Å². The Kier molecular flexibility index (Phi) is 10.4. The molecule has 1 aliphatic heterocycles. The largest absolute Gasteiger partial charge is 0.496 e. The van der Waals surface area contributed by atoms with Crippen molar-refractivity contribution in [2.75, 3.05) is 25.2 Å². The van der Waals surface area contributed by atoms with Crippen LogP contribution in [0.5, 0.6) is 11.5 Å². The van der Waals surface area contributed by atoms with Crippen molar-refractivity contribution in [3.05, 3.63) is 128 Å². The summed E-state index contributed by atoms with van der Waals surface area (Å²) in [6, 6.07) is 18.3. The van der Waals surface area contributed by atoms with Crippen LogP contribution in [-0.4, -0.2) is 61.3 Å². The molecular weight excluding hydrogens is 775 g/mol. The number of fused-ring (bicyclic) bond motifs is 4. The van der Waals surface area contributed by atoms with Crippen molar-refractivity contribution in [1.29, 1.82) is 0 Å². The topological polar surface area (TPSA) is 125 Å². The lowest BCUT2D eigenvalue weighted by Gasteiger charge is -2.35. The van der Waals surface area contributed by atoms with Gasteiger partial charge in [0.15, 0.2) is 0 Å².